The van der Waals surface area contributed by atoms with Crippen molar-refractivity contribution in [3.05, 3.63) is 47.4 Å². The highest BCUT2D eigenvalue weighted by Crippen LogP contribution is 2.31. The van der Waals surface area contributed by atoms with Gasteiger partial charge < -0.3 is 4.74 Å². The second-order valence-electron chi connectivity index (χ2n) is 5.58. The fourth-order valence-corrected chi connectivity index (χ4v) is 2.31. The van der Waals surface area contributed by atoms with Gasteiger partial charge in [0.25, 0.3) is 0 Å². The normalized spacial score (nSPS) is 10.7. The van der Waals surface area contributed by atoms with Crippen molar-refractivity contribution in [1.29, 1.82) is 0 Å². The first-order valence-corrected chi connectivity index (χ1v) is 7.29. The molecule has 1 heterocycles. The number of nitrogens with zero attached hydrogens (tertiary/aromatic N) is 1. The molecule has 0 saturated heterocycles. The van der Waals surface area contributed by atoms with Gasteiger partial charge in [-0.2, -0.15) is 0 Å². The summed E-state index contributed by atoms with van der Waals surface area (Å²) < 4.78 is 18.7. The fourth-order valence-electron chi connectivity index (χ4n) is 2.31. The van der Waals surface area contributed by atoms with E-state index in [4.69, 9.17) is 4.74 Å². The van der Waals surface area contributed by atoms with Gasteiger partial charge in [-0.1, -0.05) is 19.9 Å². The van der Waals surface area contributed by atoms with E-state index < -0.39 is 11.8 Å². The number of ether oxygens (including phenoxy) is 1. The second-order valence-corrected chi connectivity index (χ2v) is 5.58. The molecular weight excluding hydrogens is 297 g/mol. The molecule has 0 aliphatic heterocycles. The molecule has 0 aliphatic carbocycles. The SMILES string of the molecule is CC(=O)Oc1ccc(-c2ccc(F)c(C(C)=O)c2)c(C(C)C)n1. The standard InChI is InChI=1S/C18H18FNO3/c1-10(2)18-14(6-8-17(20-18)23-12(4)22)13-5-7-16(19)15(9-13)11(3)21/h5-10H,1-4H3. The Morgan fingerprint density at radius 1 is 1.13 bits per heavy atom. The first kappa shape index (κ1) is 16.8. The number of pyridine rings is 1. The average molecular weight is 315 g/mol. The first-order chi connectivity index (χ1) is 10.8. The monoisotopic (exact) mass is 315 g/mol. The van der Waals surface area contributed by atoms with Crippen LogP contribution in [0.25, 0.3) is 11.1 Å². The lowest BCUT2D eigenvalue weighted by Gasteiger charge is -2.14. The van der Waals surface area contributed by atoms with Crippen LogP contribution in [-0.2, 0) is 4.79 Å². The Hall–Kier alpha value is -2.56. The molecule has 5 heteroatoms. The number of carbonyl (C=O) groups is 2. The van der Waals surface area contributed by atoms with Gasteiger partial charge >= 0.3 is 5.97 Å². The summed E-state index contributed by atoms with van der Waals surface area (Å²) >= 11 is 0. The third-order valence-corrected chi connectivity index (χ3v) is 3.35. The van der Waals surface area contributed by atoms with Gasteiger partial charge in [0.1, 0.15) is 5.82 Å². The Bertz CT molecular complexity index is 769. The molecule has 1 aromatic carbocycles. The number of hydrogen-bond acceptors (Lipinski definition) is 4. The van der Waals surface area contributed by atoms with E-state index in [-0.39, 0.29) is 23.1 Å². The molecule has 0 bridgehead atoms. The Morgan fingerprint density at radius 2 is 1.83 bits per heavy atom. The van der Waals surface area contributed by atoms with Gasteiger partial charge in [0, 0.05) is 18.6 Å². The van der Waals surface area contributed by atoms with Crippen molar-refractivity contribution >= 4 is 11.8 Å². The zero-order valence-corrected chi connectivity index (χ0v) is 13.5. The molecular formula is C18H18FNO3. The van der Waals surface area contributed by atoms with Crippen molar-refractivity contribution < 1.29 is 18.7 Å². The number of ketones is 1. The third kappa shape index (κ3) is 3.80. The van der Waals surface area contributed by atoms with E-state index in [9.17, 15) is 14.0 Å². The van der Waals surface area contributed by atoms with E-state index >= 15 is 0 Å². The second kappa shape index (κ2) is 6.69. The molecule has 0 radical (unpaired) electrons. The Kier molecular flexibility index (Phi) is 4.89. The maximum Gasteiger partial charge on any atom is 0.309 e. The minimum atomic E-state index is -0.545. The van der Waals surface area contributed by atoms with Gasteiger partial charge in [-0.3, -0.25) is 9.59 Å². The summed E-state index contributed by atoms with van der Waals surface area (Å²) in [6, 6.07) is 7.75. The number of carbonyl (C=O) groups excluding carboxylic acids is 2. The van der Waals surface area contributed by atoms with Crippen LogP contribution in [0.1, 0.15) is 49.7 Å². The van der Waals surface area contributed by atoms with E-state index in [1.165, 1.54) is 26.0 Å². The van der Waals surface area contributed by atoms with Gasteiger partial charge in [-0.05, 0) is 36.6 Å². The highest BCUT2D eigenvalue weighted by molar-refractivity contribution is 5.95. The topological polar surface area (TPSA) is 56.3 Å². The molecule has 2 aromatic rings. The molecule has 0 fully saturated rings. The van der Waals surface area contributed by atoms with Crippen molar-refractivity contribution in [2.75, 3.05) is 0 Å². The van der Waals surface area contributed by atoms with Gasteiger partial charge in [0.05, 0.1) is 11.3 Å². The van der Waals surface area contributed by atoms with Crippen molar-refractivity contribution in [2.24, 2.45) is 0 Å². The van der Waals surface area contributed by atoms with Crippen LogP contribution in [0, 0.1) is 5.82 Å². The van der Waals surface area contributed by atoms with Crippen LogP contribution in [0.5, 0.6) is 5.88 Å². The molecule has 0 amide bonds. The zero-order valence-electron chi connectivity index (χ0n) is 13.5. The molecule has 0 unspecified atom stereocenters. The van der Waals surface area contributed by atoms with E-state index in [1.807, 2.05) is 13.8 Å². The van der Waals surface area contributed by atoms with Gasteiger partial charge in [0.2, 0.25) is 5.88 Å². The highest BCUT2D eigenvalue weighted by atomic mass is 19.1. The van der Waals surface area contributed by atoms with E-state index in [2.05, 4.69) is 4.98 Å². The lowest BCUT2D eigenvalue weighted by atomic mass is 9.95. The number of rotatable bonds is 4. The summed E-state index contributed by atoms with van der Waals surface area (Å²) in [7, 11) is 0. The van der Waals surface area contributed by atoms with Gasteiger partial charge in [-0.15, -0.1) is 0 Å². The molecule has 4 nitrogen and oxygen atoms in total. The largest absolute Gasteiger partial charge is 0.408 e. The van der Waals surface area contributed by atoms with Crippen LogP contribution in [0.2, 0.25) is 0 Å². The summed E-state index contributed by atoms with van der Waals surface area (Å²) in [5, 5.41) is 0. The molecule has 0 saturated carbocycles. The van der Waals surface area contributed by atoms with Crippen LogP contribution in [0.3, 0.4) is 0 Å². The maximum atomic E-state index is 13.7. The Balaban J connectivity index is 2.56. The van der Waals surface area contributed by atoms with Crippen LogP contribution < -0.4 is 4.74 Å². The predicted octanol–water partition coefficient (Wildman–Crippen LogP) is 4.14. The number of benzene rings is 1. The fraction of sp³-hybridized carbons (Fsp3) is 0.278. The number of aromatic nitrogens is 1. The van der Waals surface area contributed by atoms with Crippen LogP contribution in [-0.4, -0.2) is 16.7 Å². The van der Waals surface area contributed by atoms with Crippen molar-refractivity contribution in [3.8, 4) is 17.0 Å². The molecule has 0 atom stereocenters. The quantitative estimate of drug-likeness (QED) is 0.628. The smallest absolute Gasteiger partial charge is 0.309 e. The maximum absolute atomic E-state index is 13.7. The van der Waals surface area contributed by atoms with Crippen molar-refractivity contribution in [3.63, 3.8) is 0 Å². The predicted molar refractivity (Wildman–Crippen MR) is 85.0 cm³/mol. The molecule has 0 N–H and O–H groups in total. The average Bonchev–Trinajstić information content (AvgIpc) is 2.47. The molecule has 1 aromatic heterocycles. The van der Waals surface area contributed by atoms with E-state index in [0.29, 0.717) is 11.3 Å². The highest BCUT2D eigenvalue weighted by Gasteiger charge is 2.15. The number of halogens is 1. The third-order valence-electron chi connectivity index (χ3n) is 3.35. The summed E-state index contributed by atoms with van der Waals surface area (Å²) in [4.78, 5) is 27.0. The van der Waals surface area contributed by atoms with Crippen LogP contribution in [0.4, 0.5) is 4.39 Å². The summed E-state index contributed by atoms with van der Waals surface area (Å²) in [5.41, 5.74) is 2.23. The molecule has 0 spiro atoms. The van der Waals surface area contributed by atoms with Gasteiger partial charge in [-0.25, -0.2) is 9.37 Å². The van der Waals surface area contributed by atoms with E-state index in [0.717, 1.165) is 5.56 Å². The Labute approximate surface area is 134 Å². The van der Waals surface area contributed by atoms with Crippen LogP contribution in [0.15, 0.2) is 30.3 Å². The summed E-state index contributed by atoms with van der Waals surface area (Å²) in [5.74, 6) is -1.04. The summed E-state index contributed by atoms with van der Waals surface area (Å²) in [6.07, 6.45) is 0. The lowest BCUT2D eigenvalue weighted by molar-refractivity contribution is -0.132. The summed E-state index contributed by atoms with van der Waals surface area (Å²) in [6.45, 7) is 6.55. The minimum absolute atomic E-state index is 0.0428. The van der Waals surface area contributed by atoms with Crippen molar-refractivity contribution in [2.45, 2.75) is 33.6 Å². The lowest BCUT2D eigenvalue weighted by Crippen LogP contribution is -2.06. The molecule has 23 heavy (non-hydrogen) atoms. The van der Waals surface area contributed by atoms with Crippen LogP contribution >= 0.6 is 0 Å². The van der Waals surface area contributed by atoms with E-state index in [1.54, 1.807) is 18.2 Å². The van der Waals surface area contributed by atoms with Gasteiger partial charge in [0.15, 0.2) is 5.78 Å². The number of hydrogen-bond donors (Lipinski definition) is 0. The Morgan fingerprint density at radius 3 is 2.39 bits per heavy atom. The number of esters is 1. The molecule has 0 aliphatic rings. The number of Topliss-reactive ketones (excluding diaryl/α,β-unsaturated/α-hetero) is 1. The first-order valence-electron chi connectivity index (χ1n) is 7.29. The molecule has 120 valence electrons. The molecule has 2 rings (SSSR count). The van der Waals surface area contributed by atoms with Crippen molar-refractivity contribution in [1.82, 2.24) is 4.98 Å². The minimum Gasteiger partial charge on any atom is -0.408 e. The zero-order chi connectivity index (χ0) is 17.1.